The van der Waals surface area contributed by atoms with Gasteiger partial charge in [0.1, 0.15) is 4.83 Å². The normalized spacial score (nSPS) is 13.6. The van der Waals surface area contributed by atoms with Crippen molar-refractivity contribution in [1.29, 1.82) is 0 Å². The van der Waals surface area contributed by atoms with Gasteiger partial charge in [-0.1, -0.05) is 12.1 Å². The molecule has 0 aliphatic heterocycles. The van der Waals surface area contributed by atoms with Gasteiger partial charge in [-0.25, -0.2) is 18.5 Å². The molecule has 1 aliphatic rings. The number of aromatic amines is 1. The minimum atomic E-state index is -3.72. The molecule has 0 atom stereocenters. The quantitative estimate of drug-likeness (QED) is 0.570. The molecule has 0 saturated heterocycles. The van der Waals surface area contributed by atoms with Crippen LogP contribution in [0.5, 0.6) is 0 Å². The van der Waals surface area contributed by atoms with Gasteiger partial charge in [0.05, 0.1) is 10.3 Å². The Kier molecular flexibility index (Phi) is 4.77. The Hall–Kier alpha value is -2.56. The summed E-state index contributed by atoms with van der Waals surface area (Å²) in [4.78, 5) is 33.5. The highest BCUT2D eigenvalue weighted by Crippen LogP contribution is 2.34. The summed E-state index contributed by atoms with van der Waals surface area (Å²) in [5.74, 6) is -0.448. The van der Waals surface area contributed by atoms with Crippen LogP contribution in [-0.4, -0.2) is 30.8 Å². The lowest BCUT2D eigenvalue weighted by atomic mass is 10.1. The van der Waals surface area contributed by atoms with E-state index in [0.29, 0.717) is 23.2 Å². The summed E-state index contributed by atoms with van der Waals surface area (Å²) in [7, 11) is -3.72. The zero-order valence-corrected chi connectivity index (χ0v) is 16.5. The molecule has 0 spiro atoms. The zero-order chi connectivity index (χ0) is 19.9. The van der Waals surface area contributed by atoms with E-state index in [4.69, 9.17) is 5.14 Å². The highest BCUT2D eigenvalue weighted by molar-refractivity contribution is 7.89. The lowest BCUT2D eigenvalue weighted by Crippen LogP contribution is -2.29. The van der Waals surface area contributed by atoms with Crippen molar-refractivity contribution in [1.82, 2.24) is 15.3 Å². The number of amides is 1. The molecule has 0 bridgehead atoms. The van der Waals surface area contributed by atoms with Crippen LogP contribution in [0.4, 0.5) is 0 Å². The second-order valence-electron chi connectivity index (χ2n) is 6.65. The van der Waals surface area contributed by atoms with E-state index in [1.165, 1.54) is 28.3 Å². The van der Waals surface area contributed by atoms with Crippen LogP contribution in [0.3, 0.4) is 0 Å². The largest absolute Gasteiger partial charge is 0.349 e. The maximum Gasteiger partial charge on any atom is 0.287 e. The number of nitrogens with two attached hydrogens (primary N) is 1. The van der Waals surface area contributed by atoms with Crippen molar-refractivity contribution in [3.63, 3.8) is 0 Å². The molecule has 0 radical (unpaired) electrons. The number of nitrogens with zero attached hydrogens (tertiary/aromatic N) is 1. The molecule has 8 nitrogen and oxygen atoms in total. The van der Waals surface area contributed by atoms with Gasteiger partial charge in [-0.3, -0.25) is 9.59 Å². The number of carbonyl (C=O) groups is 1. The first-order chi connectivity index (χ1) is 13.3. The van der Waals surface area contributed by atoms with Crippen LogP contribution in [0.15, 0.2) is 34.0 Å². The lowest BCUT2D eigenvalue weighted by Gasteiger charge is -2.06. The van der Waals surface area contributed by atoms with Crippen molar-refractivity contribution in [2.75, 3.05) is 6.54 Å². The summed E-state index contributed by atoms with van der Waals surface area (Å²) in [5.41, 5.74) is 1.65. The average Bonchev–Trinajstić information content (AvgIpc) is 3.21. The molecule has 10 heteroatoms. The number of thiophene rings is 1. The Labute approximate surface area is 164 Å². The van der Waals surface area contributed by atoms with Crippen molar-refractivity contribution >= 4 is 37.5 Å². The van der Waals surface area contributed by atoms with Crippen LogP contribution in [0.1, 0.15) is 33.0 Å². The fourth-order valence-electron chi connectivity index (χ4n) is 3.36. The first kappa shape index (κ1) is 18.8. The van der Waals surface area contributed by atoms with E-state index in [1.807, 2.05) is 0 Å². The molecule has 4 N–H and O–H groups in total. The van der Waals surface area contributed by atoms with Gasteiger partial charge in [0.15, 0.2) is 0 Å². The summed E-state index contributed by atoms with van der Waals surface area (Å²) in [5, 5.41) is 8.40. The Morgan fingerprint density at radius 3 is 2.71 bits per heavy atom. The number of nitrogens with one attached hydrogen (secondary N) is 2. The first-order valence-corrected chi connectivity index (χ1v) is 11.1. The van der Waals surface area contributed by atoms with Gasteiger partial charge in [0.2, 0.25) is 15.8 Å². The smallest absolute Gasteiger partial charge is 0.287 e. The molecular weight excluding hydrogens is 400 g/mol. The van der Waals surface area contributed by atoms with E-state index < -0.39 is 15.9 Å². The number of hydrogen-bond donors (Lipinski definition) is 3. The molecule has 2 aromatic heterocycles. The SMILES string of the molecule is NS(=O)(=O)c1ccc(CCNC(=O)c2nc3sc4c(c3c(=O)[nH]2)CCC4)cc1. The minimum absolute atomic E-state index is 0.00185. The van der Waals surface area contributed by atoms with Crippen molar-refractivity contribution < 1.29 is 13.2 Å². The highest BCUT2D eigenvalue weighted by atomic mass is 32.2. The molecular formula is C18H18N4O4S2. The topological polar surface area (TPSA) is 135 Å². The van der Waals surface area contributed by atoms with Crippen molar-refractivity contribution in [3.05, 3.63) is 56.4 Å². The Bertz CT molecular complexity index is 1230. The third-order valence-electron chi connectivity index (χ3n) is 4.74. The van der Waals surface area contributed by atoms with E-state index in [-0.39, 0.29) is 16.3 Å². The predicted molar refractivity (Wildman–Crippen MR) is 106 cm³/mol. The number of aromatic nitrogens is 2. The lowest BCUT2D eigenvalue weighted by molar-refractivity contribution is 0.0944. The van der Waals surface area contributed by atoms with Crippen LogP contribution in [0.2, 0.25) is 0 Å². The number of fused-ring (bicyclic) bond motifs is 3. The second-order valence-corrected chi connectivity index (χ2v) is 9.29. The number of H-pyrrole nitrogens is 1. The van der Waals surface area contributed by atoms with E-state index in [0.717, 1.165) is 30.4 Å². The fourth-order valence-corrected chi connectivity index (χ4v) is 5.14. The van der Waals surface area contributed by atoms with Gasteiger partial charge >= 0.3 is 0 Å². The third kappa shape index (κ3) is 3.58. The van der Waals surface area contributed by atoms with Gasteiger partial charge in [-0.2, -0.15) is 0 Å². The molecule has 28 heavy (non-hydrogen) atoms. The van der Waals surface area contributed by atoms with Gasteiger partial charge in [0.25, 0.3) is 11.5 Å². The summed E-state index contributed by atoms with van der Waals surface area (Å²) in [6, 6.07) is 6.14. The van der Waals surface area contributed by atoms with Crippen molar-refractivity contribution in [3.8, 4) is 0 Å². The monoisotopic (exact) mass is 418 g/mol. The Morgan fingerprint density at radius 1 is 1.25 bits per heavy atom. The number of rotatable bonds is 5. The van der Waals surface area contributed by atoms with Gasteiger partial charge in [-0.15, -0.1) is 11.3 Å². The predicted octanol–water partition coefficient (Wildman–Crippen LogP) is 1.09. The summed E-state index contributed by atoms with van der Waals surface area (Å²) in [6.07, 6.45) is 3.39. The second kappa shape index (κ2) is 7.12. The molecule has 1 aromatic carbocycles. The molecule has 0 unspecified atom stereocenters. The van der Waals surface area contributed by atoms with Crippen LogP contribution >= 0.6 is 11.3 Å². The number of benzene rings is 1. The van der Waals surface area contributed by atoms with Crippen LogP contribution in [0, 0.1) is 0 Å². The minimum Gasteiger partial charge on any atom is -0.349 e. The van der Waals surface area contributed by atoms with Crippen molar-refractivity contribution in [2.45, 2.75) is 30.6 Å². The number of carbonyl (C=O) groups excluding carboxylic acids is 1. The number of aryl methyl sites for hydroxylation is 2. The summed E-state index contributed by atoms with van der Waals surface area (Å²) >= 11 is 1.49. The van der Waals surface area contributed by atoms with E-state index >= 15 is 0 Å². The standard InChI is InChI=1S/C18H18N4O4S2/c19-28(25,26)11-6-4-10(5-7-11)8-9-20-17(24)15-21-16(23)14-12-2-1-3-13(12)27-18(14)22-15/h4-7H,1-3,8-9H2,(H,20,24)(H2,19,25,26)(H,21,22,23). The number of hydrogen-bond acceptors (Lipinski definition) is 6. The number of sulfonamides is 1. The third-order valence-corrected chi connectivity index (χ3v) is 6.86. The van der Waals surface area contributed by atoms with Crippen LogP contribution in [-0.2, 0) is 29.3 Å². The molecule has 1 aliphatic carbocycles. The van der Waals surface area contributed by atoms with Gasteiger partial charge in [0, 0.05) is 11.4 Å². The van der Waals surface area contributed by atoms with E-state index in [9.17, 15) is 18.0 Å². The van der Waals surface area contributed by atoms with E-state index in [1.54, 1.807) is 12.1 Å². The van der Waals surface area contributed by atoms with E-state index in [2.05, 4.69) is 15.3 Å². The van der Waals surface area contributed by atoms with Gasteiger partial charge in [-0.05, 0) is 48.9 Å². The summed E-state index contributed by atoms with van der Waals surface area (Å²) < 4.78 is 22.5. The molecule has 2 heterocycles. The molecule has 0 saturated carbocycles. The summed E-state index contributed by atoms with van der Waals surface area (Å²) in [6.45, 7) is 0.316. The number of primary sulfonamides is 1. The molecule has 146 valence electrons. The van der Waals surface area contributed by atoms with Crippen LogP contribution in [0.25, 0.3) is 10.2 Å². The highest BCUT2D eigenvalue weighted by Gasteiger charge is 2.22. The molecule has 1 amide bonds. The molecule has 3 aromatic rings. The first-order valence-electron chi connectivity index (χ1n) is 8.77. The maximum atomic E-state index is 12.4. The molecule has 4 rings (SSSR count). The average molecular weight is 419 g/mol. The van der Waals surface area contributed by atoms with Crippen LogP contribution < -0.4 is 16.0 Å². The van der Waals surface area contributed by atoms with Crippen molar-refractivity contribution in [2.24, 2.45) is 5.14 Å². The zero-order valence-electron chi connectivity index (χ0n) is 14.8. The maximum absolute atomic E-state index is 12.4. The molecule has 0 fully saturated rings. The Morgan fingerprint density at radius 2 is 2.00 bits per heavy atom. The fraction of sp³-hybridized carbons (Fsp3) is 0.278. The Balaban J connectivity index is 1.43. The van der Waals surface area contributed by atoms with Gasteiger partial charge < -0.3 is 10.3 Å².